The van der Waals surface area contributed by atoms with Gasteiger partial charge in [-0.1, -0.05) is 12.1 Å². The Morgan fingerprint density at radius 2 is 2.43 bits per heavy atom. The van der Waals surface area contributed by atoms with Crippen LogP contribution in [0.25, 0.3) is 11.7 Å². The predicted molar refractivity (Wildman–Crippen MR) is 54.5 cm³/mol. The van der Waals surface area contributed by atoms with Gasteiger partial charge in [0.05, 0.1) is 24.4 Å². The van der Waals surface area contributed by atoms with Crippen LogP contribution in [0.5, 0.6) is 0 Å². The summed E-state index contributed by atoms with van der Waals surface area (Å²) in [7, 11) is 0. The Labute approximate surface area is 81.9 Å². The molecule has 0 aliphatic heterocycles. The van der Waals surface area contributed by atoms with Gasteiger partial charge in [0.15, 0.2) is 0 Å². The molecule has 0 aliphatic rings. The van der Waals surface area contributed by atoms with Crippen LogP contribution in [0.4, 0.5) is 0 Å². The Morgan fingerprint density at radius 1 is 1.50 bits per heavy atom. The first kappa shape index (κ1) is 8.52. The SMILES string of the molecule is N#CCC=Cc1cnc2ccccn12. The van der Waals surface area contributed by atoms with Crippen LogP contribution in [0.2, 0.25) is 0 Å². The molecule has 2 aromatic rings. The molecule has 68 valence electrons. The zero-order valence-corrected chi connectivity index (χ0v) is 7.59. The van der Waals surface area contributed by atoms with Gasteiger partial charge in [0.25, 0.3) is 0 Å². The number of nitrogens with zero attached hydrogens (tertiary/aromatic N) is 3. The maximum atomic E-state index is 8.38. The van der Waals surface area contributed by atoms with E-state index in [-0.39, 0.29) is 0 Å². The van der Waals surface area contributed by atoms with Gasteiger partial charge >= 0.3 is 0 Å². The van der Waals surface area contributed by atoms with Crippen molar-refractivity contribution in [3.05, 3.63) is 42.4 Å². The van der Waals surface area contributed by atoms with Crippen molar-refractivity contribution in [1.82, 2.24) is 9.38 Å². The minimum absolute atomic E-state index is 0.431. The first-order valence-corrected chi connectivity index (χ1v) is 4.37. The van der Waals surface area contributed by atoms with Crippen LogP contribution in [0.15, 0.2) is 36.7 Å². The van der Waals surface area contributed by atoms with Gasteiger partial charge < -0.3 is 4.40 Å². The molecule has 0 aliphatic carbocycles. The molecule has 2 heterocycles. The highest BCUT2D eigenvalue weighted by atomic mass is 15.0. The summed E-state index contributed by atoms with van der Waals surface area (Å²) in [6.45, 7) is 0. The van der Waals surface area contributed by atoms with E-state index in [1.54, 1.807) is 6.20 Å². The van der Waals surface area contributed by atoms with Crippen molar-refractivity contribution in [2.24, 2.45) is 0 Å². The molecular formula is C11H9N3. The van der Waals surface area contributed by atoms with Gasteiger partial charge in [0.1, 0.15) is 5.65 Å². The highest BCUT2D eigenvalue weighted by molar-refractivity contribution is 5.52. The fourth-order valence-electron chi connectivity index (χ4n) is 1.31. The Kier molecular flexibility index (Phi) is 2.28. The quantitative estimate of drug-likeness (QED) is 0.716. The van der Waals surface area contributed by atoms with Gasteiger partial charge in [-0.2, -0.15) is 5.26 Å². The zero-order chi connectivity index (χ0) is 9.80. The van der Waals surface area contributed by atoms with E-state index in [2.05, 4.69) is 11.1 Å². The van der Waals surface area contributed by atoms with E-state index in [0.717, 1.165) is 11.3 Å². The number of hydrogen-bond donors (Lipinski definition) is 0. The molecule has 2 rings (SSSR count). The molecule has 2 aromatic heterocycles. The third-order valence-electron chi connectivity index (χ3n) is 1.94. The summed E-state index contributed by atoms with van der Waals surface area (Å²) in [6, 6.07) is 7.91. The smallest absolute Gasteiger partial charge is 0.137 e. The normalized spacial score (nSPS) is 10.8. The lowest BCUT2D eigenvalue weighted by Gasteiger charge is -1.93. The Balaban J connectivity index is 2.39. The van der Waals surface area contributed by atoms with Crippen molar-refractivity contribution in [2.45, 2.75) is 6.42 Å². The van der Waals surface area contributed by atoms with Crippen LogP contribution in [0.1, 0.15) is 12.1 Å². The minimum atomic E-state index is 0.431. The predicted octanol–water partition coefficient (Wildman–Crippen LogP) is 2.26. The van der Waals surface area contributed by atoms with Gasteiger partial charge in [-0.05, 0) is 18.2 Å². The van der Waals surface area contributed by atoms with Gasteiger partial charge in [0, 0.05) is 6.20 Å². The maximum absolute atomic E-state index is 8.38. The fourth-order valence-corrected chi connectivity index (χ4v) is 1.31. The first-order chi connectivity index (χ1) is 6.92. The average molecular weight is 183 g/mol. The number of allylic oxidation sites excluding steroid dienone is 1. The molecule has 0 fully saturated rings. The van der Waals surface area contributed by atoms with Crippen molar-refractivity contribution in [3.8, 4) is 6.07 Å². The number of hydrogen-bond acceptors (Lipinski definition) is 2. The van der Waals surface area contributed by atoms with E-state index < -0.39 is 0 Å². The second kappa shape index (κ2) is 3.75. The van der Waals surface area contributed by atoms with E-state index in [9.17, 15) is 0 Å². The third-order valence-corrected chi connectivity index (χ3v) is 1.94. The van der Waals surface area contributed by atoms with Crippen LogP contribution < -0.4 is 0 Å². The Morgan fingerprint density at radius 3 is 3.29 bits per heavy atom. The summed E-state index contributed by atoms with van der Waals surface area (Å²) in [5.74, 6) is 0. The Bertz CT molecular complexity index is 502. The number of aromatic nitrogens is 2. The summed E-state index contributed by atoms with van der Waals surface area (Å²) >= 11 is 0. The Hall–Kier alpha value is -2.08. The monoisotopic (exact) mass is 183 g/mol. The number of imidazole rings is 1. The van der Waals surface area contributed by atoms with Crippen molar-refractivity contribution >= 4 is 11.7 Å². The summed E-state index contributed by atoms with van der Waals surface area (Å²) in [6.07, 6.45) is 7.91. The number of rotatable bonds is 2. The standard InChI is InChI=1S/C11H9N3/c12-7-3-1-5-10-9-13-11-6-2-4-8-14(10)11/h1-2,4-6,8-9H,3H2. The lowest BCUT2D eigenvalue weighted by molar-refractivity contribution is 1.17. The molecule has 0 bridgehead atoms. The molecule has 0 radical (unpaired) electrons. The summed E-state index contributed by atoms with van der Waals surface area (Å²) in [5, 5.41) is 8.38. The van der Waals surface area contributed by atoms with E-state index in [0.29, 0.717) is 6.42 Å². The number of fused-ring (bicyclic) bond motifs is 1. The number of nitriles is 1. The van der Waals surface area contributed by atoms with Gasteiger partial charge in [-0.15, -0.1) is 0 Å². The second-order valence-corrected chi connectivity index (χ2v) is 2.88. The van der Waals surface area contributed by atoms with Gasteiger partial charge in [-0.3, -0.25) is 0 Å². The lowest BCUT2D eigenvalue weighted by atomic mass is 10.3. The second-order valence-electron chi connectivity index (χ2n) is 2.88. The molecule has 0 unspecified atom stereocenters. The number of pyridine rings is 1. The van der Waals surface area contributed by atoms with Crippen molar-refractivity contribution in [2.75, 3.05) is 0 Å². The van der Waals surface area contributed by atoms with Gasteiger partial charge in [-0.25, -0.2) is 4.98 Å². The molecule has 0 spiro atoms. The summed E-state index contributed by atoms with van der Waals surface area (Å²) in [4.78, 5) is 4.23. The fraction of sp³-hybridized carbons (Fsp3) is 0.0909. The van der Waals surface area contributed by atoms with Crippen LogP contribution in [-0.4, -0.2) is 9.38 Å². The van der Waals surface area contributed by atoms with Gasteiger partial charge in [0.2, 0.25) is 0 Å². The molecule has 0 saturated heterocycles. The summed E-state index contributed by atoms with van der Waals surface area (Å²) in [5.41, 5.74) is 1.92. The highest BCUT2D eigenvalue weighted by Crippen LogP contribution is 2.07. The minimum Gasteiger partial charge on any atom is -0.300 e. The molecule has 0 N–H and O–H groups in total. The average Bonchev–Trinajstić information content (AvgIpc) is 2.63. The molecule has 0 saturated carbocycles. The molecule has 0 amide bonds. The molecule has 3 nitrogen and oxygen atoms in total. The van der Waals surface area contributed by atoms with Crippen molar-refractivity contribution in [3.63, 3.8) is 0 Å². The van der Waals surface area contributed by atoms with E-state index >= 15 is 0 Å². The van der Waals surface area contributed by atoms with Crippen LogP contribution in [0, 0.1) is 11.3 Å². The van der Waals surface area contributed by atoms with Crippen molar-refractivity contribution < 1.29 is 0 Å². The summed E-state index contributed by atoms with van der Waals surface area (Å²) < 4.78 is 1.98. The van der Waals surface area contributed by atoms with E-state index in [4.69, 9.17) is 5.26 Å². The van der Waals surface area contributed by atoms with Crippen LogP contribution in [0.3, 0.4) is 0 Å². The van der Waals surface area contributed by atoms with Crippen LogP contribution in [-0.2, 0) is 0 Å². The molecule has 14 heavy (non-hydrogen) atoms. The van der Waals surface area contributed by atoms with Crippen molar-refractivity contribution in [1.29, 1.82) is 5.26 Å². The molecule has 3 heteroatoms. The largest absolute Gasteiger partial charge is 0.300 e. The maximum Gasteiger partial charge on any atom is 0.137 e. The van der Waals surface area contributed by atoms with E-state index in [1.807, 2.05) is 40.9 Å². The third kappa shape index (κ3) is 1.50. The highest BCUT2D eigenvalue weighted by Gasteiger charge is 1.96. The lowest BCUT2D eigenvalue weighted by Crippen LogP contribution is -1.84. The molecule has 0 aromatic carbocycles. The molecular weight excluding hydrogens is 174 g/mol. The zero-order valence-electron chi connectivity index (χ0n) is 7.59. The van der Waals surface area contributed by atoms with E-state index in [1.165, 1.54) is 0 Å². The first-order valence-electron chi connectivity index (χ1n) is 4.37. The van der Waals surface area contributed by atoms with Crippen LogP contribution >= 0.6 is 0 Å². The molecule has 0 atom stereocenters. The topological polar surface area (TPSA) is 41.1 Å².